The Morgan fingerprint density at radius 3 is 2.54 bits per heavy atom. The third-order valence-electron chi connectivity index (χ3n) is 5.64. The Morgan fingerprint density at radius 1 is 1.15 bits per heavy atom. The topological polar surface area (TPSA) is 65.1 Å². The van der Waals surface area contributed by atoms with E-state index in [1.165, 1.54) is 35.4 Å². The first-order valence-electron chi connectivity index (χ1n) is 9.70. The van der Waals surface area contributed by atoms with Gasteiger partial charge in [-0.05, 0) is 38.6 Å². The van der Waals surface area contributed by atoms with Gasteiger partial charge in [0.2, 0.25) is 0 Å². The average molecular weight is 361 g/mol. The van der Waals surface area contributed by atoms with Gasteiger partial charge in [-0.15, -0.1) is 0 Å². The molecule has 2 aromatic rings. The number of hydrogen-bond acceptors (Lipinski definition) is 4. The Bertz CT molecular complexity index is 905. The average Bonchev–Trinajstić information content (AvgIpc) is 2.96. The highest BCUT2D eigenvalue weighted by atomic mass is 16.2. The summed E-state index contributed by atoms with van der Waals surface area (Å²) in [5, 5.41) is 0. The van der Waals surface area contributed by atoms with Gasteiger partial charge in [0.15, 0.2) is 11.2 Å². The summed E-state index contributed by atoms with van der Waals surface area (Å²) in [6, 6.07) is 0.522. The van der Waals surface area contributed by atoms with Gasteiger partial charge >= 0.3 is 5.69 Å². The fourth-order valence-corrected chi connectivity index (χ4v) is 3.81. The van der Waals surface area contributed by atoms with Gasteiger partial charge in [-0.25, -0.2) is 9.78 Å². The van der Waals surface area contributed by atoms with Crippen LogP contribution in [0.15, 0.2) is 9.59 Å². The van der Waals surface area contributed by atoms with Crippen molar-refractivity contribution in [1.29, 1.82) is 0 Å². The van der Waals surface area contributed by atoms with Gasteiger partial charge in [0, 0.05) is 26.7 Å². The second-order valence-corrected chi connectivity index (χ2v) is 8.06. The molecule has 1 aliphatic rings. The first kappa shape index (κ1) is 18.9. The van der Waals surface area contributed by atoms with Crippen LogP contribution in [0.3, 0.4) is 0 Å². The fraction of sp³-hybridized carbons (Fsp3) is 0.737. The van der Waals surface area contributed by atoms with Crippen molar-refractivity contribution in [2.24, 2.45) is 20.0 Å². The quantitative estimate of drug-likeness (QED) is 0.815. The van der Waals surface area contributed by atoms with Gasteiger partial charge in [-0.2, -0.15) is 0 Å². The van der Waals surface area contributed by atoms with E-state index in [-0.39, 0.29) is 11.2 Å². The molecule has 1 saturated heterocycles. The molecule has 144 valence electrons. The number of likely N-dealkylation sites (tertiary alicyclic amines) is 1. The van der Waals surface area contributed by atoms with Crippen molar-refractivity contribution in [3.05, 3.63) is 26.7 Å². The molecule has 7 nitrogen and oxygen atoms in total. The summed E-state index contributed by atoms with van der Waals surface area (Å²) in [6.45, 7) is 9.16. The van der Waals surface area contributed by atoms with Crippen LogP contribution in [-0.4, -0.2) is 36.2 Å². The highest BCUT2D eigenvalue weighted by Crippen LogP contribution is 2.21. The number of hydrogen-bond donors (Lipinski definition) is 0. The molecule has 1 aliphatic heterocycles. The van der Waals surface area contributed by atoms with Gasteiger partial charge in [0.25, 0.3) is 5.56 Å². The van der Waals surface area contributed by atoms with Crippen molar-refractivity contribution in [3.63, 3.8) is 0 Å². The smallest absolute Gasteiger partial charge is 0.321 e. The molecule has 0 spiro atoms. The van der Waals surface area contributed by atoms with Crippen LogP contribution < -0.4 is 11.2 Å². The monoisotopic (exact) mass is 361 g/mol. The summed E-state index contributed by atoms with van der Waals surface area (Å²) in [4.78, 5) is 32.3. The Morgan fingerprint density at radius 2 is 1.88 bits per heavy atom. The molecule has 1 fully saturated rings. The van der Waals surface area contributed by atoms with E-state index in [2.05, 4.69) is 30.2 Å². The van der Waals surface area contributed by atoms with E-state index >= 15 is 0 Å². The maximum absolute atomic E-state index is 12.8. The summed E-state index contributed by atoms with van der Waals surface area (Å²) in [7, 11) is 3.23. The molecular formula is C19H31N5O2. The summed E-state index contributed by atoms with van der Waals surface area (Å²) in [6.07, 6.45) is 4.65. The van der Waals surface area contributed by atoms with E-state index in [0.29, 0.717) is 23.1 Å². The molecule has 2 aromatic heterocycles. The molecule has 0 N–H and O–H groups in total. The van der Waals surface area contributed by atoms with Crippen molar-refractivity contribution < 1.29 is 0 Å². The number of piperidine rings is 1. The first-order valence-corrected chi connectivity index (χ1v) is 9.70. The second kappa shape index (κ2) is 7.39. The third kappa shape index (κ3) is 3.37. The SMILES string of the molecule is CC(C)CCn1c(CN2CCCC[C@@H]2C)nc2c1c(=O)n(C)c(=O)n2C. The molecule has 0 amide bonds. The maximum Gasteiger partial charge on any atom is 0.332 e. The number of nitrogens with zero attached hydrogens (tertiary/aromatic N) is 5. The van der Waals surface area contributed by atoms with E-state index < -0.39 is 0 Å². The summed E-state index contributed by atoms with van der Waals surface area (Å²) in [5.74, 6) is 1.43. The normalized spacial score (nSPS) is 18.9. The van der Waals surface area contributed by atoms with E-state index in [1.54, 1.807) is 7.05 Å². The van der Waals surface area contributed by atoms with E-state index in [9.17, 15) is 9.59 Å². The van der Waals surface area contributed by atoms with Crippen LogP contribution in [0, 0.1) is 5.92 Å². The van der Waals surface area contributed by atoms with Crippen molar-refractivity contribution in [2.75, 3.05) is 6.54 Å². The Balaban J connectivity index is 2.13. The highest BCUT2D eigenvalue weighted by Gasteiger charge is 2.24. The molecule has 1 atom stereocenters. The molecule has 0 saturated carbocycles. The summed E-state index contributed by atoms with van der Waals surface area (Å²) >= 11 is 0. The van der Waals surface area contributed by atoms with E-state index in [4.69, 9.17) is 4.98 Å². The first-order chi connectivity index (χ1) is 12.3. The van der Waals surface area contributed by atoms with Crippen molar-refractivity contribution in [1.82, 2.24) is 23.6 Å². The molecular weight excluding hydrogens is 330 g/mol. The Hall–Kier alpha value is -1.89. The van der Waals surface area contributed by atoms with Crippen LogP contribution in [-0.2, 0) is 27.2 Å². The largest absolute Gasteiger partial charge is 0.332 e. The lowest BCUT2D eigenvalue weighted by atomic mass is 10.0. The lowest BCUT2D eigenvalue weighted by Gasteiger charge is -2.33. The van der Waals surface area contributed by atoms with Crippen molar-refractivity contribution in [3.8, 4) is 0 Å². The number of fused-ring (bicyclic) bond motifs is 1. The number of aromatic nitrogens is 4. The molecule has 7 heteroatoms. The molecule has 0 radical (unpaired) electrons. The van der Waals surface area contributed by atoms with Crippen LogP contribution in [0.25, 0.3) is 11.2 Å². The molecule has 0 bridgehead atoms. The van der Waals surface area contributed by atoms with Crippen molar-refractivity contribution in [2.45, 2.75) is 65.6 Å². The summed E-state index contributed by atoms with van der Waals surface area (Å²) < 4.78 is 4.73. The van der Waals surface area contributed by atoms with Crippen LogP contribution >= 0.6 is 0 Å². The lowest BCUT2D eigenvalue weighted by Crippen LogP contribution is -2.38. The number of aryl methyl sites for hydroxylation is 2. The van der Waals surface area contributed by atoms with Gasteiger partial charge in [0.1, 0.15) is 5.82 Å². The molecule has 3 heterocycles. The molecule has 0 aliphatic carbocycles. The van der Waals surface area contributed by atoms with Crippen LogP contribution in [0.4, 0.5) is 0 Å². The zero-order chi connectivity index (χ0) is 19.0. The van der Waals surface area contributed by atoms with Gasteiger partial charge in [-0.3, -0.25) is 18.8 Å². The van der Waals surface area contributed by atoms with Crippen LogP contribution in [0.5, 0.6) is 0 Å². The third-order valence-corrected chi connectivity index (χ3v) is 5.64. The van der Waals surface area contributed by atoms with Gasteiger partial charge in [-0.1, -0.05) is 20.3 Å². The van der Waals surface area contributed by atoms with Gasteiger partial charge in [0.05, 0.1) is 6.54 Å². The minimum absolute atomic E-state index is 0.253. The molecule has 3 rings (SSSR count). The van der Waals surface area contributed by atoms with Gasteiger partial charge < -0.3 is 4.57 Å². The fourth-order valence-electron chi connectivity index (χ4n) is 3.81. The molecule has 0 aromatic carbocycles. The minimum atomic E-state index is -0.325. The minimum Gasteiger partial charge on any atom is -0.321 e. The molecule has 0 unspecified atom stereocenters. The van der Waals surface area contributed by atoms with Crippen LogP contribution in [0.2, 0.25) is 0 Å². The molecule has 26 heavy (non-hydrogen) atoms. The second-order valence-electron chi connectivity index (χ2n) is 8.06. The highest BCUT2D eigenvalue weighted by molar-refractivity contribution is 5.71. The standard InChI is InChI=1S/C19H31N5O2/c1-13(2)9-11-24-15(12-23-10-7-6-8-14(23)3)20-17-16(24)18(25)22(5)19(26)21(17)4/h13-14H,6-12H2,1-5H3/t14-/m0/s1. The lowest BCUT2D eigenvalue weighted by molar-refractivity contribution is 0.147. The van der Waals surface area contributed by atoms with Crippen LogP contribution in [0.1, 0.15) is 52.3 Å². The Labute approximate surface area is 154 Å². The number of imidazole rings is 1. The zero-order valence-corrected chi connectivity index (χ0v) is 16.7. The number of rotatable bonds is 5. The zero-order valence-electron chi connectivity index (χ0n) is 16.7. The predicted molar refractivity (Wildman–Crippen MR) is 103 cm³/mol. The predicted octanol–water partition coefficient (Wildman–Crippen LogP) is 1.85. The van der Waals surface area contributed by atoms with Crippen molar-refractivity contribution >= 4 is 11.2 Å². The van der Waals surface area contributed by atoms with E-state index in [0.717, 1.165) is 31.9 Å². The van der Waals surface area contributed by atoms with E-state index in [1.807, 2.05) is 0 Å². The summed E-state index contributed by atoms with van der Waals surface area (Å²) in [5.41, 5.74) is 0.475. The Kier molecular flexibility index (Phi) is 5.37. The maximum atomic E-state index is 12.8.